The first-order valence-corrected chi connectivity index (χ1v) is 9.59. The van der Waals surface area contributed by atoms with Gasteiger partial charge in [-0.05, 0) is 80.0 Å². The van der Waals surface area contributed by atoms with E-state index in [0.717, 1.165) is 23.2 Å². The Morgan fingerprint density at radius 2 is 1.88 bits per heavy atom. The Morgan fingerprint density at radius 1 is 1.20 bits per heavy atom. The average Bonchev–Trinajstić information content (AvgIpc) is 3.07. The Labute approximate surface area is 157 Å². The van der Waals surface area contributed by atoms with Gasteiger partial charge < -0.3 is 5.32 Å². The fourth-order valence-corrected chi connectivity index (χ4v) is 3.50. The van der Waals surface area contributed by atoms with Crippen LogP contribution in [-0.2, 0) is 0 Å². The van der Waals surface area contributed by atoms with Crippen LogP contribution in [0.15, 0.2) is 41.1 Å². The molecule has 1 N–H and O–H groups in total. The van der Waals surface area contributed by atoms with Gasteiger partial charge in [-0.25, -0.2) is 4.68 Å². The standard InChI is InChI=1S/C19H25BrN4O/c1-19(2,23-10-4-3-5-11-23)14-21-18(25)15-6-8-17(9-7-15)24-13-16(20)12-22-24/h6-9,12-13H,3-5,10-11,14H2,1-2H3,(H,21,25). The smallest absolute Gasteiger partial charge is 0.251 e. The maximum absolute atomic E-state index is 12.5. The maximum atomic E-state index is 12.5. The van der Waals surface area contributed by atoms with Gasteiger partial charge >= 0.3 is 0 Å². The zero-order valence-corrected chi connectivity index (χ0v) is 16.4. The number of hydrogen-bond acceptors (Lipinski definition) is 3. The third kappa shape index (κ3) is 4.50. The van der Waals surface area contributed by atoms with Gasteiger partial charge in [-0.2, -0.15) is 5.10 Å². The lowest BCUT2D eigenvalue weighted by Gasteiger charge is -2.41. The summed E-state index contributed by atoms with van der Waals surface area (Å²) >= 11 is 3.39. The molecule has 2 aromatic rings. The summed E-state index contributed by atoms with van der Waals surface area (Å²) in [4.78, 5) is 14.9. The van der Waals surface area contributed by atoms with Crippen molar-refractivity contribution in [2.75, 3.05) is 19.6 Å². The van der Waals surface area contributed by atoms with E-state index in [1.54, 1.807) is 10.9 Å². The van der Waals surface area contributed by atoms with Crippen molar-refractivity contribution in [3.8, 4) is 5.69 Å². The lowest BCUT2D eigenvalue weighted by Crippen LogP contribution is -2.53. The molecule has 0 saturated carbocycles. The van der Waals surface area contributed by atoms with Crippen LogP contribution in [0.1, 0.15) is 43.5 Å². The fourth-order valence-electron chi connectivity index (χ4n) is 3.22. The molecule has 1 aliphatic heterocycles. The molecule has 0 bridgehead atoms. The molecule has 1 amide bonds. The molecule has 3 rings (SSSR count). The Bertz CT molecular complexity index is 717. The minimum absolute atomic E-state index is 0.0165. The monoisotopic (exact) mass is 404 g/mol. The molecule has 1 saturated heterocycles. The van der Waals surface area contributed by atoms with Crippen molar-refractivity contribution >= 4 is 21.8 Å². The van der Waals surface area contributed by atoms with E-state index >= 15 is 0 Å². The topological polar surface area (TPSA) is 50.2 Å². The summed E-state index contributed by atoms with van der Waals surface area (Å²) in [5, 5.41) is 7.33. The zero-order chi connectivity index (χ0) is 17.9. The van der Waals surface area contributed by atoms with E-state index in [1.807, 2.05) is 30.5 Å². The Hall–Kier alpha value is -1.66. The minimum Gasteiger partial charge on any atom is -0.350 e. The predicted molar refractivity (Wildman–Crippen MR) is 103 cm³/mol. The van der Waals surface area contributed by atoms with E-state index < -0.39 is 0 Å². The molecule has 0 atom stereocenters. The van der Waals surface area contributed by atoms with Crippen LogP contribution in [0.25, 0.3) is 5.69 Å². The van der Waals surface area contributed by atoms with Crippen molar-refractivity contribution in [2.45, 2.75) is 38.6 Å². The summed E-state index contributed by atoms with van der Waals surface area (Å²) in [6.45, 7) is 7.31. The molecule has 0 radical (unpaired) electrons. The van der Waals surface area contributed by atoms with Gasteiger partial charge in [0.25, 0.3) is 5.91 Å². The second-order valence-corrected chi connectivity index (χ2v) is 8.11. The van der Waals surface area contributed by atoms with Crippen LogP contribution in [0.5, 0.6) is 0 Å². The minimum atomic E-state index is -0.0294. The second kappa shape index (κ2) is 7.70. The number of aromatic nitrogens is 2. The fraction of sp³-hybridized carbons (Fsp3) is 0.474. The third-order valence-corrected chi connectivity index (χ3v) is 5.25. The van der Waals surface area contributed by atoms with E-state index in [4.69, 9.17) is 0 Å². The third-order valence-electron chi connectivity index (χ3n) is 4.84. The Morgan fingerprint density at radius 3 is 2.48 bits per heavy atom. The van der Waals surface area contributed by atoms with Gasteiger partial charge in [0.15, 0.2) is 0 Å². The molecule has 6 heteroatoms. The van der Waals surface area contributed by atoms with Crippen LogP contribution >= 0.6 is 15.9 Å². The summed E-state index contributed by atoms with van der Waals surface area (Å²) in [6.07, 6.45) is 7.45. The number of nitrogens with zero attached hydrogens (tertiary/aromatic N) is 3. The van der Waals surface area contributed by atoms with Crippen LogP contribution < -0.4 is 5.32 Å². The normalized spacial score (nSPS) is 16.0. The average molecular weight is 405 g/mol. The largest absolute Gasteiger partial charge is 0.350 e. The van der Waals surface area contributed by atoms with Crippen LogP contribution in [0.4, 0.5) is 0 Å². The van der Waals surface area contributed by atoms with Crippen LogP contribution in [0.3, 0.4) is 0 Å². The van der Waals surface area contributed by atoms with Crippen molar-refractivity contribution < 1.29 is 4.79 Å². The highest BCUT2D eigenvalue weighted by Gasteiger charge is 2.28. The van der Waals surface area contributed by atoms with E-state index in [9.17, 15) is 4.79 Å². The Balaban J connectivity index is 1.59. The molecular weight excluding hydrogens is 380 g/mol. The highest BCUT2D eigenvalue weighted by Crippen LogP contribution is 2.20. The lowest BCUT2D eigenvalue weighted by molar-refractivity contribution is 0.0797. The number of benzene rings is 1. The highest BCUT2D eigenvalue weighted by molar-refractivity contribution is 9.10. The number of rotatable bonds is 5. The van der Waals surface area contributed by atoms with Gasteiger partial charge in [0.2, 0.25) is 0 Å². The van der Waals surface area contributed by atoms with Crippen molar-refractivity contribution in [1.82, 2.24) is 20.0 Å². The molecule has 2 heterocycles. The van der Waals surface area contributed by atoms with Crippen LogP contribution in [0, 0.1) is 0 Å². The van der Waals surface area contributed by atoms with Gasteiger partial charge in [-0.15, -0.1) is 0 Å². The summed E-state index contributed by atoms with van der Waals surface area (Å²) < 4.78 is 2.69. The molecule has 1 aliphatic rings. The molecule has 0 aliphatic carbocycles. The number of carbonyl (C=O) groups is 1. The molecule has 25 heavy (non-hydrogen) atoms. The van der Waals surface area contributed by atoms with Gasteiger partial charge in [-0.3, -0.25) is 9.69 Å². The maximum Gasteiger partial charge on any atom is 0.251 e. The zero-order valence-electron chi connectivity index (χ0n) is 14.8. The van der Waals surface area contributed by atoms with Crippen molar-refractivity contribution in [2.24, 2.45) is 0 Å². The number of likely N-dealkylation sites (tertiary alicyclic amines) is 1. The molecule has 1 fully saturated rings. The number of hydrogen-bond donors (Lipinski definition) is 1. The number of halogens is 1. The quantitative estimate of drug-likeness (QED) is 0.827. The summed E-state index contributed by atoms with van der Waals surface area (Å²) in [6, 6.07) is 7.50. The van der Waals surface area contributed by atoms with Gasteiger partial charge in [-0.1, -0.05) is 6.42 Å². The van der Waals surface area contributed by atoms with E-state index in [2.05, 4.69) is 45.1 Å². The number of carbonyl (C=O) groups excluding carboxylic acids is 1. The molecule has 1 aromatic carbocycles. The van der Waals surface area contributed by atoms with Crippen molar-refractivity contribution in [3.05, 3.63) is 46.7 Å². The Kier molecular flexibility index (Phi) is 5.59. The number of piperidine rings is 1. The number of amides is 1. The first-order chi connectivity index (χ1) is 12.0. The first kappa shape index (κ1) is 18.1. The first-order valence-electron chi connectivity index (χ1n) is 8.79. The summed E-state index contributed by atoms with van der Waals surface area (Å²) in [7, 11) is 0. The second-order valence-electron chi connectivity index (χ2n) is 7.19. The molecule has 0 unspecified atom stereocenters. The van der Waals surface area contributed by atoms with Gasteiger partial charge in [0.1, 0.15) is 0 Å². The van der Waals surface area contributed by atoms with E-state index in [0.29, 0.717) is 12.1 Å². The molecule has 5 nitrogen and oxygen atoms in total. The number of nitrogens with one attached hydrogen (secondary N) is 1. The SMILES string of the molecule is CC(C)(CNC(=O)c1ccc(-n2cc(Br)cn2)cc1)N1CCCCC1. The van der Waals surface area contributed by atoms with Crippen molar-refractivity contribution in [1.29, 1.82) is 0 Å². The highest BCUT2D eigenvalue weighted by atomic mass is 79.9. The van der Waals surface area contributed by atoms with Gasteiger partial charge in [0, 0.05) is 23.8 Å². The predicted octanol–water partition coefficient (Wildman–Crippen LogP) is 3.63. The van der Waals surface area contributed by atoms with Crippen molar-refractivity contribution in [3.63, 3.8) is 0 Å². The summed E-state index contributed by atoms with van der Waals surface area (Å²) in [5.41, 5.74) is 1.58. The van der Waals surface area contributed by atoms with E-state index in [-0.39, 0.29) is 11.4 Å². The molecule has 1 aromatic heterocycles. The molecule has 0 spiro atoms. The lowest BCUT2D eigenvalue weighted by atomic mass is 9.98. The molecule has 134 valence electrons. The van der Waals surface area contributed by atoms with E-state index in [1.165, 1.54) is 19.3 Å². The van der Waals surface area contributed by atoms with Crippen LogP contribution in [0.2, 0.25) is 0 Å². The van der Waals surface area contributed by atoms with Gasteiger partial charge in [0.05, 0.1) is 16.4 Å². The van der Waals surface area contributed by atoms with Crippen LogP contribution in [-0.4, -0.2) is 45.8 Å². The summed E-state index contributed by atoms with van der Waals surface area (Å²) in [5.74, 6) is -0.0294. The molecular formula is C19H25BrN4O.